The van der Waals surface area contributed by atoms with Gasteiger partial charge in [-0.05, 0) is 65.9 Å². The average molecular weight is 424 g/mol. The van der Waals surface area contributed by atoms with E-state index in [1.807, 2.05) is 32.0 Å². The van der Waals surface area contributed by atoms with Crippen LogP contribution in [0.3, 0.4) is 0 Å². The van der Waals surface area contributed by atoms with Crippen LogP contribution in [0, 0.1) is 12.7 Å². The highest BCUT2D eigenvalue weighted by Crippen LogP contribution is 2.41. The van der Waals surface area contributed by atoms with Crippen LogP contribution in [0.15, 0.2) is 60.7 Å². The normalized spacial score (nSPS) is 14.8. The Labute approximate surface area is 176 Å². The van der Waals surface area contributed by atoms with E-state index < -0.39 is 10.0 Å². The first-order valence-electron chi connectivity index (χ1n) is 9.53. The molecule has 0 aliphatic carbocycles. The summed E-state index contributed by atoms with van der Waals surface area (Å²) in [4.78, 5) is 0. The van der Waals surface area contributed by atoms with Gasteiger partial charge in [-0.15, -0.1) is 0 Å². The number of benzene rings is 3. The molecule has 0 fully saturated rings. The fourth-order valence-corrected chi connectivity index (χ4v) is 4.34. The lowest BCUT2D eigenvalue weighted by Crippen LogP contribution is -2.09. The molecule has 0 aromatic heterocycles. The van der Waals surface area contributed by atoms with E-state index >= 15 is 0 Å². The van der Waals surface area contributed by atoms with Crippen molar-refractivity contribution >= 4 is 26.9 Å². The molecule has 0 saturated carbocycles. The van der Waals surface area contributed by atoms with E-state index in [0.29, 0.717) is 18.0 Å². The van der Waals surface area contributed by atoms with Gasteiger partial charge in [0.25, 0.3) is 0 Å². The molecule has 0 amide bonds. The number of allylic oxidation sites excluding steroid dienone is 1. The zero-order valence-corrected chi connectivity index (χ0v) is 17.8. The maximum Gasteiger partial charge on any atom is 0.229 e. The van der Waals surface area contributed by atoms with Crippen LogP contribution in [-0.2, 0) is 16.6 Å². The van der Waals surface area contributed by atoms with Crippen molar-refractivity contribution in [2.45, 2.75) is 20.5 Å². The van der Waals surface area contributed by atoms with E-state index in [9.17, 15) is 12.8 Å². The molecule has 30 heavy (non-hydrogen) atoms. The number of nitrogens with one attached hydrogen (secondary N) is 1. The van der Waals surface area contributed by atoms with E-state index in [2.05, 4.69) is 16.9 Å². The molecule has 1 heterocycles. The van der Waals surface area contributed by atoms with Crippen LogP contribution in [0.4, 0.5) is 10.1 Å². The SMILES string of the molecule is C/C(=C1\c2ccc(C)cc2COc2cc(F)ccc21)c1cccc(NS(C)(=O)=O)c1. The van der Waals surface area contributed by atoms with Gasteiger partial charge < -0.3 is 4.74 Å². The van der Waals surface area contributed by atoms with Crippen LogP contribution in [-0.4, -0.2) is 14.7 Å². The molecule has 0 radical (unpaired) electrons. The Morgan fingerprint density at radius 3 is 2.57 bits per heavy atom. The lowest BCUT2D eigenvalue weighted by molar-refractivity contribution is 0.305. The third-order valence-corrected chi connectivity index (χ3v) is 5.71. The number of fused-ring (bicyclic) bond motifs is 2. The van der Waals surface area contributed by atoms with Crippen molar-refractivity contribution in [3.63, 3.8) is 0 Å². The Bertz CT molecular complexity index is 1220. The van der Waals surface area contributed by atoms with E-state index in [1.165, 1.54) is 12.1 Å². The fraction of sp³-hybridized carbons (Fsp3) is 0.167. The van der Waals surface area contributed by atoms with Crippen molar-refractivity contribution < 1.29 is 17.5 Å². The molecule has 0 atom stereocenters. The smallest absolute Gasteiger partial charge is 0.229 e. The van der Waals surface area contributed by atoms with E-state index in [0.717, 1.165) is 45.2 Å². The van der Waals surface area contributed by atoms with Crippen molar-refractivity contribution in [2.24, 2.45) is 0 Å². The third-order valence-electron chi connectivity index (χ3n) is 5.10. The molecular weight excluding hydrogens is 401 g/mol. The largest absolute Gasteiger partial charge is 0.488 e. The molecule has 4 nitrogen and oxygen atoms in total. The van der Waals surface area contributed by atoms with Gasteiger partial charge in [-0.3, -0.25) is 4.72 Å². The highest BCUT2D eigenvalue weighted by molar-refractivity contribution is 7.92. The number of anilines is 1. The first kappa shape index (κ1) is 20.2. The van der Waals surface area contributed by atoms with Crippen LogP contribution in [0.2, 0.25) is 0 Å². The Hall–Kier alpha value is -3.12. The van der Waals surface area contributed by atoms with Crippen LogP contribution >= 0.6 is 0 Å². The van der Waals surface area contributed by atoms with Crippen LogP contribution < -0.4 is 9.46 Å². The van der Waals surface area contributed by atoms with E-state index in [4.69, 9.17) is 4.74 Å². The molecule has 4 rings (SSSR count). The Balaban J connectivity index is 1.96. The zero-order chi connectivity index (χ0) is 21.5. The van der Waals surface area contributed by atoms with E-state index in [1.54, 1.807) is 18.2 Å². The minimum Gasteiger partial charge on any atom is -0.488 e. The number of hydrogen-bond acceptors (Lipinski definition) is 3. The predicted molar refractivity (Wildman–Crippen MR) is 118 cm³/mol. The maximum absolute atomic E-state index is 13.9. The topological polar surface area (TPSA) is 55.4 Å². The van der Waals surface area contributed by atoms with Crippen molar-refractivity contribution in [3.05, 3.63) is 94.3 Å². The van der Waals surface area contributed by atoms with Crippen molar-refractivity contribution in [1.82, 2.24) is 0 Å². The number of halogens is 1. The molecule has 0 spiro atoms. The van der Waals surface area contributed by atoms with Gasteiger partial charge in [-0.25, -0.2) is 12.8 Å². The number of ether oxygens (including phenoxy) is 1. The fourth-order valence-electron chi connectivity index (χ4n) is 3.79. The monoisotopic (exact) mass is 423 g/mol. The molecule has 1 N–H and O–H groups in total. The second kappa shape index (κ2) is 7.61. The lowest BCUT2D eigenvalue weighted by atomic mass is 9.87. The van der Waals surface area contributed by atoms with Gasteiger partial charge in [-0.2, -0.15) is 0 Å². The predicted octanol–water partition coefficient (Wildman–Crippen LogP) is 5.38. The molecule has 154 valence electrons. The molecular formula is C24H22FNO3S. The Kier molecular flexibility index (Phi) is 5.12. The summed E-state index contributed by atoms with van der Waals surface area (Å²) in [7, 11) is -3.38. The van der Waals surface area contributed by atoms with Crippen LogP contribution in [0.25, 0.3) is 11.1 Å². The Morgan fingerprint density at radius 2 is 1.80 bits per heavy atom. The lowest BCUT2D eigenvalue weighted by Gasteiger charge is -2.16. The summed E-state index contributed by atoms with van der Waals surface area (Å²) in [6.45, 7) is 4.35. The molecule has 1 aliphatic rings. The second-order valence-electron chi connectivity index (χ2n) is 7.54. The highest BCUT2D eigenvalue weighted by Gasteiger charge is 2.22. The molecule has 6 heteroatoms. The standard InChI is InChI=1S/C24H22FNO3S/c1-15-7-9-21-18(11-15)14-29-23-13-19(25)8-10-22(23)24(21)16(2)17-5-4-6-20(12-17)26-30(3,27)28/h4-13,26H,14H2,1-3H3/b24-16-. The third kappa shape index (κ3) is 4.09. The van der Waals surface area contributed by atoms with Gasteiger partial charge in [0.2, 0.25) is 10.0 Å². The summed E-state index contributed by atoms with van der Waals surface area (Å²) < 4.78 is 45.7. The summed E-state index contributed by atoms with van der Waals surface area (Å²) in [5.41, 5.74) is 7.19. The number of aryl methyl sites for hydroxylation is 1. The van der Waals surface area contributed by atoms with Gasteiger partial charge >= 0.3 is 0 Å². The molecule has 0 bridgehead atoms. The average Bonchev–Trinajstić information content (AvgIpc) is 2.82. The first-order chi connectivity index (χ1) is 14.2. The molecule has 3 aromatic carbocycles. The van der Waals surface area contributed by atoms with Gasteiger partial charge in [-0.1, -0.05) is 35.9 Å². The number of rotatable bonds is 3. The molecule has 3 aromatic rings. The van der Waals surface area contributed by atoms with Gasteiger partial charge in [0.05, 0.1) is 6.26 Å². The quantitative estimate of drug-likeness (QED) is 0.616. The Morgan fingerprint density at radius 1 is 1.03 bits per heavy atom. The molecule has 1 aliphatic heterocycles. The number of sulfonamides is 1. The number of hydrogen-bond donors (Lipinski definition) is 1. The first-order valence-corrected chi connectivity index (χ1v) is 11.4. The molecule has 0 unspecified atom stereocenters. The van der Waals surface area contributed by atoms with Crippen molar-refractivity contribution in [3.8, 4) is 5.75 Å². The zero-order valence-electron chi connectivity index (χ0n) is 17.0. The van der Waals surface area contributed by atoms with E-state index in [-0.39, 0.29) is 5.82 Å². The summed E-state index contributed by atoms with van der Waals surface area (Å²) in [6.07, 6.45) is 1.12. The summed E-state index contributed by atoms with van der Waals surface area (Å²) >= 11 is 0. The summed E-state index contributed by atoms with van der Waals surface area (Å²) in [5, 5.41) is 0. The summed E-state index contributed by atoms with van der Waals surface area (Å²) in [6, 6.07) is 18.0. The van der Waals surface area contributed by atoms with Crippen molar-refractivity contribution in [2.75, 3.05) is 11.0 Å². The summed E-state index contributed by atoms with van der Waals surface area (Å²) in [5.74, 6) is 0.135. The van der Waals surface area contributed by atoms with Crippen LogP contribution in [0.5, 0.6) is 5.75 Å². The maximum atomic E-state index is 13.9. The minimum absolute atomic E-state index is 0.347. The minimum atomic E-state index is -3.38. The highest BCUT2D eigenvalue weighted by atomic mass is 32.2. The van der Waals surface area contributed by atoms with Crippen molar-refractivity contribution in [1.29, 1.82) is 0 Å². The molecule has 0 saturated heterocycles. The van der Waals surface area contributed by atoms with Gasteiger partial charge in [0.1, 0.15) is 18.2 Å². The second-order valence-corrected chi connectivity index (χ2v) is 9.29. The van der Waals surface area contributed by atoms with Gasteiger partial charge in [0, 0.05) is 17.3 Å². The van der Waals surface area contributed by atoms with Crippen LogP contribution in [0.1, 0.15) is 34.7 Å². The van der Waals surface area contributed by atoms with Gasteiger partial charge in [0.15, 0.2) is 0 Å².